The monoisotopic (exact) mass is 625 g/mol. The van der Waals surface area contributed by atoms with Crippen LogP contribution in [0.15, 0.2) is 103 Å². The van der Waals surface area contributed by atoms with Crippen molar-refractivity contribution in [1.82, 2.24) is 15.5 Å². The second kappa shape index (κ2) is 13.5. The van der Waals surface area contributed by atoms with E-state index in [0.29, 0.717) is 18.4 Å². The van der Waals surface area contributed by atoms with Crippen LogP contribution in [0.3, 0.4) is 0 Å². The maximum Gasteiger partial charge on any atom is 0.405 e. The molecule has 1 aliphatic heterocycles. The summed E-state index contributed by atoms with van der Waals surface area (Å²) in [6.07, 6.45) is -0.924. The fourth-order valence-corrected chi connectivity index (χ4v) is 7.12. The smallest absolute Gasteiger partial charge is 0.349 e. The second-order valence-corrected chi connectivity index (χ2v) is 12.3. The van der Waals surface area contributed by atoms with Gasteiger partial charge in [0.25, 0.3) is 5.91 Å². The van der Waals surface area contributed by atoms with Crippen LogP contribution in [0.5, 0.6) is 0 Å². The molecule has 1 heterocycles. The van der Waals surface area contributed by atoms with Gasteiger partial charge in [-0.15, -0.1) is 0 Å². The molecule has 0 radical (unpaired) electrons. The number of carbonyl (C=O) groups is 2. The third-order valence-electron chi connectivity index (χ3n) is 9.36. The van der Waals surface area contributed by atoms with Crippen LogP contribution >= 0.6 is 0 Å². The van der Waals surface area contributed by atoms with E-state index in [1.54, 1.807) is 0 Å². The first-order chi connectivity index (χ1) is 22.3. The Balaban J connectivity index is 1.06. The van der Waals surface area contributed by atoms with Crippen LogP contribution in [-0.4, -0.2) is 55.1 Å². The SMILES string of the molecule is O=C(NC1CCN(CCCCC2(C(=O)NCC(F)(F)F)c3ccccc3-c3ccccc32)CC1)c1ccccc1-c1ccccc1. The molecule has 2 aliphatic rings. The molecule has 0 spiro atoms. The van der Waals surface area contributed by atoms with Gasteiger partial charge in [-0.3, -0.25) is 9.59 Å². The number of fused-ring (bicyclic) bond motifs is 3. The van der Waals surface area contributed by atoms with Gasteiger partial charge in [0.1, 0.15) is 12.0 Å². The fraction of sp³-hybridized carbons (Fsp3) is 0.316. The van der Waals surface area contributed by atoms with Gasteiger partial charge in [0.2, 0.25) is 5.91 Å². The van der Waals surface area contributed by atoms with Gasteiger partial charge in [0, 0.05) is 24.7 Å². The summed E-state index contributed by atoms with van der Waals surface area (Å²) in [4.78, 5) is 29.3. The van der Waals surface area contributed by atoms with Crippen molar-refractivity contribution in [1.29, 1.82) is 0 Å². The Bertz CT molecular complexity index is 1630. The summed E-state index contributed by atoms with van der Waals surface area (Å²) in [5, 5.41) is 5.45. The molecule has 5 nitrogen and oxygen atoms in total. The maximum atomic E-state index is 13.7. The minimum absolute atomic E-state index is 0.0656. The third-order valence-corrected chi connectivity index (χ3v) is 9.36. The van der Waals surface area contributed by atoms with E-state index >= 15 is 0 Å². The number of rotatable bonds is 10. The van der Waals surface area contributed by atoms with Crippen LogP contribution in [0.2, 0.25) is 0 Å². The molecule has 4 aromatic rings. The van der Waals surface area contributed by atoms with E-state index in [2.05, 4.69) is 15.5 Å². The van der Waals surface area contributed by atoms with Crippen molar-refractivity contribution in [3.8, 4) is 22.3 Å². The third kappa shape index (κ3) is 6.58. The van der Waals surface area contributed by atoms with Crippen LogP contribution in [-0.2, 0) is 10.2 Å². The zero-order valence-electron chi connectivity index (χ0n) is 25.7. The topological polar surface area (TPSA) is 61.4 Å². The summed E-state index contributed by atoms with van der Waals surface area (Å²) in [5.74, 6) is -0.670. The molecule has 1 fully saturated rings. The van der Waals surface area contributed by atoms with Crippen molar-refractivity contribution in [2.24, 2.45) is 0 Å². The van der Waals surface area contributed by atoms with Crippen LogP contribution in [0.4, 0.5) is 13.2 Å². The first kappa shape index (κ1) is 31.5. The van der Waals surface area contributed by atoms with E-state index < -0.39 is 24.0 Å². The predicted molar refractivity (Wildman–Crippen MR) is 174 cm³/mol. The lowest BCUT2D eigenvalue weighted by molar-refractivity contribution is -0.141. The van der Waals surface area contributed by atoms with Crippen LogP contribution in [0.1, 0.15) is 53.6 Å². The predicted octanol–water partition coefficient (Wildman–Crippen LogP) is 7.36. The lowest BCUT2D eigenvalue weighted by atomic mass is 9.73. The average Bonchev–Trinajstić information content (AvgIpc) is 3.37. The van der Waals surface area contributed by atoms with E-state index in [9.17, 15) is 22.8 Å². The van der Waals surface area contributed by atoms with Crippen molar-refractivity contribution < 1.29 is 22.8 Å². The molecule has 0 bridgehead atoms. The number of unbranched alkanes of at least 4 members (excludes halogenated alkanes) is 1. The molecule has 0 saturated carbocycles. The molecule has 4 aromatic carbocycles. The number of benzene rings is 4. The molecule has 0 atom stereocenters. The Hall–Kier alpha value is -4.43. The number of amides is 2. The molecular weight excluding hydrogens is 587 g/mol. The van der Waals surface area contributed by atoms with Crippen LogP contribution in [0, 0.1) is 0 Å². The molecule has 1 saturated heterocycles. The zero-order chi connectivity index (χ0) is 32.1. The summed E-state index contributed by atoms with van der Waals surface area (Å²) >= 11 is 0. The number of nitrogens with one attached hydrogen (secondary N) is 2. The first-order valence-electron chi connectivity index (χ1n) is 16.0. The number of likely N-dealkylation sites (tertiary alicyclic amines) is 1. The van der Waals surface area contributed by atoms with Gasteiger partial charge < -0.3 is 15.5 Å². The lowest BCUT2D eigenvalue weighted by Crippen LogP contribution is -2.47. The number of piperidine rings is 1. The maximum absolute atomic E-state index is 13.7. The van der Waals surface area contributed by atoms with Gasteiger partial charge >= 0.3 is 6.18 Å². The summed E-state index contributed by atoms with van der Waals surface area (Å²) in [6.45, 7) is 1.14. The highest BCUT2D eigenvalue weighted by Gasteiger charge is 2.49. The summed E-state index contributed by atoms with van der Waals surface area (Å²) < 4.78 is 39.5. The van der Waals surface area contributed by atoms with Crippen molar-refractivity contribution in [2.45, 2.75) is 49.7 Å². The van der Waals surface area contributed by atoms with E-state index in [0.717, 1.165) is 72.3 Å². The minimum Gasteiger partial charge on any atom is -0.349 e. The van der Waals surface area contributed by atoms with Gasteiger partial charge in [-0.1, -0.05) is 103 Å². The van der Waals surface area contributed by atoms with Crippen molar-refractivity contribution in [3.05, 3.63) is 120 Å². The van der Waals surface area contributed by atoms with Crippen LogP contribution < -0.4 is 10.6 Å². The fourth-order valence-electron chi connectivity index (χ4n) is 7.12. The van der Waals surface area contributed by atoms with Gasteiger partial charge in [0.05, 0.1) is 0 Å². The quantitative estimate of drug-likeness (QED) is 0.181. The van der Waals surface area contributed by atoms with E-state index in [1.165, 1.54) is 0 Å². The van der Waals surface area contributed by atoms with Gasteiger partial charge in [-0.25, -0.2) is 0 Å². The number of hydrogen-bond acceptors (Lipinski definition) is 3. The van der Waals surface area contributed by atoms with Gasteiger partial charge in [-0.05, 0) is 71.7 Å². The Morgan fingerprint density at radius 1 is 0.739 bits per heavy atom. The molecule has 238 valence electrons. The van der Waals surface area contributed by atoms with Crippen LogP contribution in [0.25, 0.3) is 22.3 Å². The van der Waals surface area contributed by atoms with E-state index in [-0.39, 0.29) is 11.9 Å². The highest BCUT2D eigenvalue weighted by Crippen LogP contribution is 2.51. The molecule has 0 unspecified atom stereocenters. The summed E-state index contributed by atoms with van der Waals surface area (Å²) in [7, 11) is 0. The van der Waals surface area contributed by atoms with Gasteiger partial charge in [0.15, 0.2) is 0 Å². The highest BCUT2D eigenvalue weighted by molar-refractivity contribution is 6.01. The Kier molecular flexibility index (Phi) is 9.27. The zero-order valence-corrected chi connectivity index (χ0v) is 25.7. The number of halogens is 3. The lowest BCUT2D eigenvalue weighted by Gasteiger charge is -2.33. The van der Waals surface area contributed by atoms with E-state index in [1.807, 2.05) is 103 Å². The molecule has 0 aromatic heterocycles. The second-order valence-electron chi connectivity index (χ2n) is 12.3. The largest absolute Gasteiger partial charge is 0.405 e. The molecule has 2 amide bonds. The van der Waals surface area contributed by atoms with Crippen molar-refractivity contribution >= 4 is 11.8 Å². The number of alkyl halides is 3. The minimum atomic E-state index is -4.49. The molecule has 2 N–H and O–H groups in total. The summed E-state index contributed by atoms with van der Waals surface area (Å²) in [6, 6.07) is 32.8. The standard InChI is InChI=1S/C38H38F3N3O2/c39-38(40,41)26-42-36(46)37(33-18-8-6-15-30(33)31-16-7-9-19-34(31)37)22-10-11-23-44-24-20-28(21-25-44)43-35(45)32-17-5-4-14-29(32)27-12-2-1-3-13-27/h1-9,12-19,28H,10-11,20-26H2,(H,42,46)(H,43,45). The van der Waals surface area contributed by atoms with Crippen molar-refractivity contribution in [3.63, 3.8) is 0 Å². The van der Waals surface area contributed by atoms with E-state index in [4.69, 9.17) is 0 Å². The molecular formula is C38H38F3N3O2. The highest BCUT2D eigenvalue weighted by atomic mass is 19.4. The average molecular weight is 626 g/mol. The first-order valence-corrected chi connectivity index (χ1v) is 16.0. The molecule has 6 rings (SSSR count). The number of carbonyl (C=O) groups excluding carboxylic acids is 2. The number of hydrogen-bond donors (Lipinski definition) is 2. The Morgan fingerprint density at radius 3 is 1.93 bits per heavy atom. The Labute approximate surface area is 267 Å². The summed E-state index contributed by atoms with van der Waals surface area (Å²) in [5.41, 5.74) is 4.74. The Morgan fingerprint density at radius 2 is 1.30 bits per heavy atom. The van der Waals surface area contributed by atoms with Gasteiger partial charge in [-0.2, -0.15) is 13.2 Å². The normalized spacial score (nSPS) is 16.0. The molecule has 1 aliphatic carbocycles. The molecule has 46 heavy (non-hydrogen) atoms. The number of nitrogens with zero attached hydrogens (tertiary/aromatic N) is 1. The molecule has 8 heteroatoms. The van der Waals surface area contributed by atoms with Crippen molar-refractivity contribution in [2.75, 3.05) is 26.2 Å².